The predicted octanol–water partition coefficient (Wildman–Crippen LogP) is 4.17. The highest BCUT2D eigenvalue weighted by Crippen LogP contribution is 2.46. The molecule has 0 amide bonds. The maximum Gasteiger partial charge on any atom is 0.229 e. The van der Waals surface area contributed by atoms with Crippen molar-refractivity contribution in [2.45, 2.75) is 12.8 Å². The third-order valence-electron chi connectivity index (χ3n) is 4.75. The van der Waals surface area contributed by atoms with Gasteiger partial charge in [-0.05, 0) is 37.3 Å². The lowest BCUT2D eigenvalue weighted by Gasteiger charge is -2.26. The van der Waals surface area contributed by atoms with E-state index in [-0.39, 0.29) is 5.88 Å². The molecule has 0 bridgehead atoms. The lowest BCUT2D eigenvalue weighted by Crippen LogP contribution is -2.22. The molecule has 28 heavy (non-hydrogen) atoms. The maximum absolute atomic E-state index is 9.79. The van der Waals surface area contributed by atoms with Gasteiger partial charge in [-0.3, -0.25) is 0 Å². The number of hydrogen-bond donors (Lipinski definition) is 1. The second kappa shape index (κ2) is 7.06. The van der Waals surface area contributed by atoms with Gasteiger partial charge in [0.05, 0.1) is 30.0 Å². The Hall–Kier alpha value is -3.24. The molecule has 2 heterocycles. The molecule has 0 unspecified atom stereocenters. The lowest BCUT2D eigenvalue weighted by molar-refractivity contribution is 0.364. The summed E-state index contributed by atoms with van der Waals surface area (Å²) < 4.78 is 14.1. The summed E-state index contributed by atoms with van der Waals surface area (Å²) in [5.74, 6) is 0.835. The van der Waals surface area contributed by atoms with Gasteiger partial charge in [-0.2, -0.15) is 10.4 Å². The minimum absolute atomic E-state index is 0.0733. The van der Waals surface area contributed by atoms with Crippen LogP contribution in [0, 0.1) is 18.3 Å². The standard InChI is InChI=1S/C21H17BrN4O2/c1-12-18-19(15-5-3-4-6-17(15)27-2)16(11-23)20(24)28-21(18)26(25-12)14-9-7-13(22)8-10-14/h3-10,19H,24H2,1-2H3/t19-/m0/s1. The molecular formula is C21H17BrN4O2. The molecular weight excluding hydrogens is 420 g/mol. The molecule has 1 aliphatic heterocycles. The van der Waals surface area contributed by atoms with Crippen LogP contribution in [0.3, 0.4) is 0 Å². The summed E-state index contributed by atoms with van der Waals surface area (Å²) in [5.41, 5.74) is 9.73. The first kappa shape index (κ1) is 18.1. The second-order valence-electron chi connectivity index (χ2n) is 6.36. The van der Waals surface area contributed by atoms with Gasteiger partial charge in [-0.25, -0.2) is 4.68 Å². The van der Waals surface area contributed by atoms with E-state index in [1.165, 1.54) is 0 Å². The molecule has 0 fully saturated rings. The van der Waals surface area contributed by atoms with Crippen molar-refractivity contribution in [3.63, 3.8) is 0 Å². The number of rotatable bonds is 3. The van der Waals surface area contributed by atoms with Crippen molar-refractivity contribution < 1.29 is 9.47 Å². The Kier molecular flexibility index (Phi) is 4.57. The fourth-order valence-electron chi connectivity index (χ4n) is 3.49. The summed E-state index contributed by atoms with van der Waals surface area (Å²) in [7, 11) is 1.61. The summed E-state index contributed by atoms with van der Waals surface area (Å²) in [6.07, 6.45) is 0. The molecule has 0 saturated heterocycles. The average Bonchev–Trinajstić information content (AvgIpc) is 3.03. The van der Waals surface area contributed by atoms with Gasteiger partial charge in [-0.15, -0.1) is 0 Å². The molecule has 0 saturated carbocycles. The minimum atomic E-state index is -0.422. The molecule has 1 aliphatic rings. The number of fused-ring (bicyclic) bond motifs is 1. The van der Waals surface area contributed by atoms with E-state index in [0.29, 0.717) is 17.2 Å². The zero-order valence-corrected chi connectivity index (χ0v) is 16.9. The highest BCUT2D eigenvalue weighted by molar-refractivity contribution is 9.10. The Bertz CT molecular complexity index is 1130. The van der Waals surface area contributed by atoms with E-state index in [0.717, 1.165) is 27.0 Å². The fourth-order valence-corrected chi connectivity index (χ4v) is 3.75. The van der Waals surface area contributed by atoms with Crippen LogP contribution >= 0.6 is 15.9 Å². The van der Waals surface area contributed by atoms with Gasteiger partial charge in [0.15, 0.2) is 0 Å². The van der Waals surface area contributed by atoms with Crippen LogP contribution in [0.5, 0.6) is 11.6 Å². The second-order valence-corrected chi connectivity index (χ2v) is 7.27. The van der Waals surface area contributed by atoms with Gasteiger partial charge in [0.25, 0.3) is 0 Å². The predicted molar refractivity (Wildman–Crippen MR) is 108 cm³/mol. The van der Waals surface area contributed by atoms with Gasteiger partial charge >= 0.3 is 0 Å². The number of hydrogen-bond acceptors (Lipinski definition) is 5. The van der Waals surface area contributed by atoms with E-state index in [1.807, 2.05) is 55.5 Å². The molecule has 6 nitrogen and oxygen atoms in total. The summed E-state index contributed by atoms with van der Waals surface area (Å²) in [6, 6.07) is 17.5. The number of benzene rings is 2. The molecule has 0 spiro atoms. The van der Waals surface area contributed by atoms with Crippen LogP contribution in [-0.2, 0) is 0 Å². The van der Waals surface area contributed by atoms with Crippen molar-refractivity contribution in [3.05, 3.63) is 81.3 Å². The van der Waals surface area contributed by atoms with E-state index in [2.05, 4.69) is 27.1 Å². The summed E-state index contributed by atoms with van der Waals surface area (Å²) in [6.45, 7) is 1.90. The van der Waals surface area contributed by atoms with Crippen molar-refractivity contribution in [1.82, 2.24) is 9.78 Å². The number of halogens is 1. The first-order chi connectivity index (χ1) is 13.5. The number of methoxy groups -OCH3 is 1. The van der Waals surface area contributed by atoms with E-state index >= 15 is 0 Å². The van der Waals surface area contributed by atoms with Crippen molar-refractivity contribution >= 4 is 15.9 Å². The zero-order valence-electron chi connectivity index (χ0n) is 15.3. The molecule has 2 aromatic carbocycles. The first-order valence-electron chi connectivity index (χ1n) is 8.61. The van der Waals surface area contributed by atoms with Gasteiger partial charge in [0.2, 0.25) is 11.8 Å². The third kappa shape index (κ3) is 2.83. The Morgan fingerprint density at radius 1 is 1.21 bits per heavy atom. The Morgan fingerprint density at radius 3 is 2.61 bits per heavy atom. The number of ether oxygens (including phenoxy) is 2. The average molecular weight is 437 g/mol. The molecule has 140 valence electrons. The number of aryl methyl sites for hydroxylation is 1. The summed E-state index contributed by atoms with van der Waals surface area (Å²) >= 11 is 3.44. The number of allylic oxidation sites excluding steroid dienone is 1. The smallest absolute Gasteiger partial charge is 0.229 e. The number of para-hydroxylation sites is 1. The van der Waals surface area contributed by atoms with Gasteiger partial charge in [-0.1, -0.05) is 34.1 Å². The van der Waals surface area contributed by atoms with Crippen LogP contribution in [0.25, 0.3) is 5.69 Å². The fraction of sp³-hybridized carbons (Fsp3) is 0.143. The Labute approximate surface area is 170 Å². The van der Waals surface area contributed by atoms with Gasteiger partial charge in [0.1, 0.15) is 17.4 Å². The van der Waals surface area contributed by atoms with Crippen LogP contribution in [0.15, 0.2) is 64.5 Å². The molecule has 4 rings (SSSR count). The molecule has 0 aliphatic carbocycles. The highest BCUT2D eigenvalue weighted by Gasteiger charge is 2.37. The number of nitrogens with zero attached hydrogens (tertiary/aromatic N) is 3. The Balaban J connectivity index is 1.97. The SMILES string of the molecule is COc1ccccc1[C@H]1C(C#N)=C(N)Oc2c1c(C)nn2-c1ccc(Br)cc1. The largest absolute Gasteiger partial charge is 0.496 e. The van der Waals surface area contributed by atoms with Crippen LogP contribution in [0.1, 0.15) is 22.7 Å². The number of aromatic nitrogens is 2. The van der Waals surface area contributed by atoms with Crippen molar-refractivity contribution in [2.24, 2.45) is 5.73 Å². The van der Waals surface area contributed by atoms with E-state index in [1.54, 1.807) is 11.8 Å². The minimum Gasteiger partial charge on any atom is -0.496 e. The van der Waals surface area contributed by atoms with E-state index in [4.69, 9.17) is 15.2 Å². The molecule has 2 N–H and O–H groups in total. The molecule has 7 heteroatoms. The highest BCUT2D eigenvalue weighted by atomic mass is 79.9. The van der Waals surface area contributed by atoms with E-state index in [9.17, 15) is 5.26 Å². The van der Waals surface area contributed by atoms with Gasteiger partial charge in [0, 0.05) is 10.0 Å². The zero-order chi connectivity index (χ0) is 19.8. The molecule has 1 atom stereocenters. The normalized spacial score (nSPS) is 15.6. The quantitative estimate of drug-likeness (QED) is 0.665. The molecule has 1 aromatic heterocycles. The summed E-state index contributed by atoms with van der Waals surface area (Å²) in [5, 5.41) is 14.5. The van der Waals surface area contributed by atoms with Crippen LogP contribution < -0.4 is 15.2 Å². The topological polar surface area (TPSA) is 86.1 Å². The van der Waals surface area contributed by atoms with Crippen LogP contribution in [0.4, 0.5) is 0 Å². The van der Waals surface area contributed by atoms with E-state index < -0.39 is 5.92 Å². The number of nitrogens with two attached hydrogens (primary N) is 1. The van der Waals surface area contributed by atoms with Crippen molar-refractivity contribution in [2.75, 3.05) is 7.11 Å². The van der Waals surface area contributed by atoms with Crippen LogP contribution in [0.2, 0.25) is 0 Å². The lowest BCUT2D eigenvalue weighted by atomic mass is 9.83. The maximum atomic E-state index is 9.79. The van der Waals surface area contributed by atoms with Gasteiger partial charge < -0.3 is 15.2 Å². The number of nitriles is 1. The van der Waals surface area contributed by atoms with Crippen LogP contribution in [-0.4, -0.2) is 16.9 Å². The third-order valence-corrected chi connectivity index (χ3v) is 5.28. The summed E-state index contributed by atoms with van der Waals surface area (Å²) in [4.78, 5) is 0. The van der Waals surface area contributed by atoms with Crippen molar-refractivity contribution in [1.29, 1.82) is 5.26 Å². The first-order valence-corrected chi connectivity index (χ1v) is 9.40. The Morgan fingerprint density at radius 2 is 1.93 bits per heavy atom. The van der Waals surface area contributed by atoms with Crippen molar-refractivity contribution in [3.8, 4) is 23.4 Å². The monoisotopic (exact) mass is 436 g/mol. The molecule has 3 aromatic rings. The molecule has 0 radical (unpaired) electrons.